The van der Waals surface area contributed by atoms with Crippen LogP contribution in [0.2, 0.25) is 0 Å². The molecule has 0 saturated heterocycles. The third kappa shape index (κ3) is 2.55. The average Bonchev–Trinajstić information content (AvgIpc) is 2.64. The van der Waals surface area contributed by atoms with Crippen LogP contribution < -0.4 is 10.4 Å². The van der Waals surface area contributed by atoms with Crippen LogP contribution in [0.25, 0.3) is 0 Å². The van der Waals surface area contributed by atoms with Gasteiger partial charge in [-0.1, -0.05) is 38.5 Å². The van der Waals surface area contributed by atoms with Gasteiger partial charge in [-0.15, -0.1) is 0 Å². The maximum atomic E-state index is 12.5. The Morgan fingerprint density at radius 2 is 1.76 bits per heavy atom. The number of hydrogen-bond acceptors (Lipinski definition) is 3. The van der Waals surface area contributed by atoms with Crippen molar-refractivity contribution in [3.05, 3.63) is 29.8 Å². The van der Waals surface area contributed by atoms with Crippen LogP contribution in [0, 0.1) is 23.7 Å². The van der Waals surface area contributed by atoms with Crippen LogP contribution in [0.5, 0.6) is 0 Å². The molecule has 4 nitrogen and oxygen atoms in total. The molecule has 1 amide bonds. The standard InChI is InChI=1S/C17H23NO3/c1-11-5-7-12(8-6-11)18-14(19)13-9-10-17(4,15(20)21)16(13,2)3/h5-8,13H,9-10H2,1-4H3,(H,18,19)(H,20,21)/p-1. The van der Waals surface area contributed by atoms with E-state index in [-0.39, 0.29) is 11.8 Å². The molecule has 1 aromatic carbocycles. The highest BCUT2D eigenvalue weighted by Gasteiger charge is 2.54. The second-order valence-corrected chi connectivity index (χ2v) is 6.79. The van der Waals surface area contributed by atoms with Crippen molar-refractivity contribution in [2.24, 2.45) is 16.7 Å². The van der Waals surface area contributed by atoms with E-state index in [0.717, 1.165) is 11.3 Å². The van der Waals surface area contributed by atoms with Crippen LogP contribution in [0.15, 0.2) is 24.3 Å². The number of carboxylic acids is 1. The molecule has 0 aliphatic heterocycles. The van der Waals surface area contributed by atoms with Crippen LogP contribution >= 0.6 is 0 Å². The van der Waals surface area contributed by atoms with Crippen molar-refractivity contribution in [1.29, 1.82) is 0 Å². The molecular weight excluding hydrogens is 266 g/mol. The van der Waals surface area contributed by atoms with Crippen molar-refractivity contribution in [3.63, 3.8) is 0 Å². The van der Waals surface area contributed by atoms with Gasteiger partial charge in [0.25, 0.3) is 0 Å². The summed E-state index contributed by atoms with van der Waals surface area (Å²) in [5, 5.41) is 14.4. The van der Waals surface area contributed by atoms with E-state index in [2.05, 4.69) is 5.32 Å². The molecule has 1 aromatic rings. The average molecular weight is 288 g/mol. The van der Waals surface area contributed by atoms with E-state index in [1.54, 1.807) is 6.92 Å². The normalized spacial score (nSPS) is 27.3. The molecule has 0 radical (unpaired) electrons. The fourth-order valence-electron chi connectivity index (χ4n) is 3.19. The molecule has 21 heavy (non-hydrogen) atoms. The first-order valence-electron chi connectivity index (χ1n) is 7.27. The summed E-state index contributed by atoms with van der Waals surface area (Å²) in [6.07, 6.45) is 1.03. The maximum Gasteiger partial charge on any atom is 0.228 e. The summed E-state index contributed by atoms with van der Waals surface area (Å²) in [6.45, 7) is 7.35. The molecular formula is C17H22NO3-. The lowest BCUT2D eigenvalue weighted by Crippen LogP contribution is -2.49. The van der Waals surface area contributed by atoms with Gasteiger partial charge in [0.1, 0.15) is 0 Å². The number of aryl methyl sites for hydroxylation is 1. The molecule has 0 heterocycles. The molecule has 1 N–H and O–H groups in total. The van der Waals surface area contributed by atoms with Crippen LogP contribution in [0.1, 0.15) is 39.2 Å². The fraction of sp³-hybridized carbons (Fsp3) is 0.529. The third-order valence-corrected chi connectivity index (χ3v) is 5.31. The minimum Gasteiger partial charge on any atom is -0.550 e. The largest absolute Gasteiger partial charge is 0.550 e. The Morgan fingerprint density at radius 3 is 2.24 bits per heavy atom. The van der Waals surface area contributed by atoms with Crippen LogP contribution in [-0.2, 0) is 9.59 Å². The minimum atomic E-state index is -1.07. The fourth-order valence-corrected chi connectivity index (χ4v) is 3.19. The zero-order chi connectivity index (χ0) is 15.8. The van der Waals surface area contributed by atoms with Gasteiger partial charge in [-0.3, -0.25) is 4.79 Å². The Bertz CT molecular complexity index is 562. The van der Waals surface area contributed by atoms with Crippen LogP contribution in [0.3, 0.4) is 0 Å². The number of anilines is 1. The highest BCUT2D eigenvalue weighted by Crippen LogP contribution is 2.55. The molecule has 1 aliphatic rings. The third-order valence-electron chi connectivity index (χ3n) is 5.31. The number of benzene rings is 1. The van der Waals surface area contributed by atoms with Crippen LogP contribution in [-0.4, -0.2) is 11.9 Å². The highest BCUT2D eigenvalue weighted by molar-refractivity contribution is 5.94. The van der Waals surface area contributed by atoms with E-state index in [0.29, 0.717) is 12.8 Å². The number of rotatable bonds is 3. The summed E-state index contributed by atoms with van der Waals surface area (Å²) >= 11 is 0. The summed E-state index contributed by atoms with van der Waals surface area (Å²) in [5.41, 5.74) is 0.255. The Morgan fingerprint density at radius 1 is 1.19 bits per heavy atom. The Labute approximate surface area is 125 Å². The molecule has 2 rings (SSSR count). The molecule has 0 spiro atoms. The summed E-state index contributed by atoms with van der Waals surface area (Å²) in [6, 6.07) is 7.57. The minimum absolute atomic E-state index is 0.117. The van der Waals surface area contributed by atoms with Crippen molar-refractivity contribution >= 4 is 17.6 Å². The molecule has 1 aliphatic carbocycles. The molecule has 1 fully saturated rings. The number of amides is 1. The van der Waals surface area contributed by atoms with E-state index in [4.69, 9.17) is 0 Å². The first-order valence-corrected chi connectivity index (χ1v) is 7.27. The lowest BCUT2D eigenvalue weighted by molar-refractivity contribution is -0.323. The molecule has 1 saturated carbocycles. The van der Waals surface area contributed by atoms with Gasteiger partial charge >= 0.3 is 0 Å². The second kappa shape index (κ2) is 5.17. The predicted octanol–water partition coefficient (Wildman–Crippen LogP) is 2.13. The number of carbonyl (C=O) groups is 2. The Kier molecular flexibility index (Phi) is 3.83. The smallest absolute Gasteiger partial charge is 0.228 e. The molecule has 2 atom stereocenters. The SMILES string of the molecule is Cc1ccc(NC(=O)C2CCC(C)(C(=O)[O-])C2(C)C)cc1. The van der Waals surface area contributed by atoms with Crippen molar-refractivity contribution in [3.8, 4) is 0 Å². The zero-order valence-electron chi connectivity index (χ0n) is 13.0. The van der Waals surface area contributed by atoms with Gasteiger partial charge in [-0.25, -0.2) is 0 Å². The lowest BCUT2D eigenvalue weighted by Gasteiger charge is -2.41. The van der Waals surface area contributed by atoms with E-state index < -0.39 is 16.8 Å². The van der Waals surface area contributed by atoms with E-state index >= 15 is 0 Å². The number of nitrogens with one attached hydrogen (secondary N) is 1. The maximum absolute atomic E-state index is 12.5. The van der Waals surface area contributed by atoms with Gasteiger partial charge < -0.3 is 15.2 Å². The van der Waals surface area contributed by atoms with E-state index in [1.165, 1.54) is 0 Å². The summed E-state index contributed by atoms with van der Waals surface area (Å²) in [5.74, 6) is -1.52. The van der Waals surface area contributed by atoms with Gasteiger partial charge in [0.2, 0.25) is 5.91 Å². The molecule has 0 aromatic heterocycles. The van der Waals surface area contributed by atoms with Gasteiger partial charge in [0, 0.05) is 23.0 Å². The van der Waals surface area contributed by atoms with E-state index in [9.17, 15) is 14.7 Å². The van der Waals surface area contributed by atoms with Crippen molar-refractivity contribution in [2.75, 3.05) is 5.32 Å². The quantitative estimate of drug-likeness (QED) is 0.926. The van der Waals surface area contributed by atoms with Crippen molar-refractivity contribution < 1.29 is 14.7 Å². The van der Waals surface area contributed by atoms with Crippen molar-refractivity contribution in [1.82, 2.24) is 0 Å². The summed E-state index contributed by atoms with van der Waals surface area (Å²) in [4.78, 5) is 24.0. The Hall–Kier alpha value is -1.84. The molecule has 2 unspecified atom stereocenters. The highest BCUT2D eigenvalue weighted by atomic mass is 16.4. The number of carboxylic acid groups (broad SMARTS) is 1. The second-order valence-electron chi connectivity index (χ2n) is 6.79. The van der Waals surface area contributed by atoms with E-state index in [1.807, 2.05) is 45.0 Å². The Balaban J connectivity index is 2.17. The number of carbonyl (C=O) groups excluding carboxylic acids is 2. The summed E-state index contributed by atoms with van der Waals surface area (Å²) < 4.78 is 0. The number of hydrogen-bond donors (Lipinski definition) is 1. The summed E-state index contributed by atoms with van der Waals surface area (Å²) in [7, 11) is 0. The monoisotopic (exact) mass is 288 g/mol. The van der Waals surface area contributed by atoms with Gasteiger partial charge in [0.05, 0.1) is 0 Å². The zero-order valence-corrected chi connectivity index (χ0v) is 13.0. The molecule has 4 heteroatoms. The first kappa shape index (κ1) is 15.5. The van der Waals surface area contributed by atoms with Crippen molar-refractivity contribution in [2.45, 2.75) is 40.5 Å². The van der Waals surface area contributed by atoms with Gasteiger partial charge in [-0.2, -0.15) is 0 Å². The predicted molar refractivity (Wildman–Crippen MR) is 79.4 cm³/mol. The topological polar surface area (TPSA) is 69.2 Å². The van der Waals surface area contributed by atoms with Gasteiger partial charge in [0.15, 0.2) is 0 Å². The first-order chi connectivity index (χ1) is 9.68. The molecule has 114 valence electrons. The lowest BCUT2D eigenvalue weighted by atomic mass is 9.65. The van der Waals surface area contributed by atoms with Crippen LogP contribution in [0.4, 0.5) is 5.69 Å². The molecule has 0 bridgehead atoms. The number of aliphatic carboxylic acids is 1. The van der Waals surface area contributed by atoms with Gasteiger partial charge in [-0.05, 0) is 37.3 Å².